The van der Waals surface area contributed by atoms with Crippen molar-refractivity contribution in [1.82, 2.24) is 9.80 Å². The summed E-state index contributed by atoms with van der Waals surface area (Å²) in [5, 5.41) is 10.1. The fraction of sp³-hybridized carbons (Fsp3) is 0.462. The van der Waals surface area contributed by atoms with E-state index in [4.69, 9.17) is 11.6 Å². The maximum absolute atomic E-state index is 12.1. The van der Waals surface area contributed by atoms with Gasteiger partial charge in [-0.3, -0.25) is 9.69 Å². The third-order valence-corrected chi connectivity index (χ3v) is 3.46. The molecule has 1 saturated heterocycles. The highest BCUT2D eigenvalue weighted by Gasteiger charge is 2.19. The van der Waals surface area contributed by atoms with Crippen molar-refractivity contribution in [2.45, 2.75) is 0 Å². The molecule has 1 aromatic rings. The first kappa shape index (κ1) is 13.3. The lowest BCUT2D eigenvalue weighted by molar-refractivity contribution is 0.0874. The smallest absolute Gasteiger partial charge is 0.180 e. The van der Waals surface area contributed by atoms with Crippen LogP contribution in [-0.2, 0) is 0 Å². The van der Waals surface area contributed by atoms with E-state index in [0.717, 1.165) is 26.2 Å². The van der Waals surface area contributed by atoms with Gasteiger partial charge in [0.05, 0.1) is 12.1 Å². The van der Waals surface area contributed by atoms with E-state index in [2.05, 4.69) is 16.8 Å². The second kappa shape index (κ2) is 5.69. The molecule has 1 aliphatic heterocycles. The second-order valence-corrected chi connectivity index (χ2v) is 5.10. The van der Waals surface area contributed by atoms with Gasteiger partial charge < -0.3 is 10.0 Å². The molecule has 18 heavy (non-hydrogen) atoms. The number of carbonyl (C=O) groups is 1. The van der Waals surface area contributed by atoms with Crippen LogP contribution in [0.3, 0.4) is 0 Å². The monoisotopic (exact) mass is 268 g/mol. The first-order chi connectivity index (χ1) is 8.56. The zero-order valence-electron chi connectivity index (χ0n) is 10.4. The Balaban J connectivity index is 1.99. The normalized spacial score (nSPS) is 17.9. The summed E-state index contributed by atoms with van der Waals surface area (Å²) in [5.41, 5.74) is 0.346. The lowest BCUT2D eigenvalue weighted by Crippen LogP contribution is -2.46. The molecule has 1 aliphatic rings. The number of ketones is 1. The Morgan fingerprint density at radius 3 is 2.61 bits per heavy atom. The van der Waals surface area contributed by atoms with Gasteiger partial charge in [-0.2, -0.15) is 0 Å². The molecule has 1 fully saturated rings. The van der Waals surface area contributed by atoms with Crippen molar-refractivity contribution in [3.05, 3.63) is 28.8 Å². The first-order valence-electron chi connectivity index (χ1n) is 5.99. The number of phenolic OH excluding ortho intramolecular Hbond substituents is 1. The van der Waals surface area contributed by atoms with E-state index in [9.17, 15) is 9.90 Å². The third kappa shape index (κ3) is 3.22. The van der Waals surface area contributed by atoms with Crippen molar-refractivity contribution in [3.8, 4) is 5.75 Å². The van der Waals surface area contributed by atoms with E-state index in [1.807, 2.05) is 0 Å². The van der Waals surface area contributed by atoms with E-state index >= 15 is 0 Å². The van der Waals surface area contributed by atoms with Crippen molar-refractivity contribution < 1.29 is 9.90 Å². The molecular formula is C13H17ClN2O2. The number of nitrogens with zero attached hydrogens (tertiary/aromatic N) is 2. The summed E-state index contributed by atoms with van der Waals surface area (Å²) >= 11 is 5.74. The van der Waals surface area contributed by atoms with E-state index in [0.29, 0.717) is 17.1 Å². The minimum atomic E-state index is -0.0614. The zero-order valence-corrected chi connectivity index (χ0v) is 11.2. The summed E-state index contributed by atoms with van der Waals surface area (Å²) in [4.78, 5) is 16.4. The molecule has 0 unspecified atom stereocenters. The van der Waals surface area contributed by atoms with Gasteiger partial charge >= 0.3 is 0 Å². The predicted molar refractivity (Wildman–Crippen MR) is 71.4 cm³/mol. The topological polar surface area (TPSA) is 43.8 Å². The highest BCUT2D eigenvalue weighted by atomic mass is 35.5. The van der Waals surface area contributed by atoms with E-state index in [1.165, 1.54) is 6.07 Å². The molecule has 5 heteroatoms. The number of hydrogen-bond donors (Lipinski definition) is 1. The number of benzene rings is 1. The van der Waals surface area contributed by atoms with Gasteiger partial charge in [0, 0.05) is 31.2 Å². The molecule has 2 rings (SSSR count). The van der Waals surface area contributed by atoms with Crippen LogP contribution in [0.4, 0.5) is 0 Å². The van der Waals surface area contributed by atoms with Crippen molar-refractivity contribution in [1.29, 1.82) is 0 Å². The summed E-state index contributed by atoms with van der Waals surface area (Å²) in [5.74, 6) is -0.102. The summed E-state index contributed by atoms with van der Waals surface area (Å²) in [6.45, 7) is 4.07. The average Bonchev–Trinajstić information content (AvgIpc) is 2.32. The molecule has 0 amide bonds. The Labute approximate surface area is 112 Å². The lowest BCUT2D eigenvalue weighted by atomic mass is 10.1. The number of phenols is 1. The number of likely N-dealkylation sites (N-methyl/N-ethyl adjacent to an activating group) is 1. The second-order valence-electron chi connectivity index (χ2n) is 4.66. The van der Waals surface area contributed by atoms with Crippen LogP contribution in [0.15, 0.2) is 18.2 Å². The standard InChI is InChI=1S/C13H17ClN2O2/c1-15-4-6-16(7-5-15)9-13(18)11-3-2-10(14)8-12(11)17/h2-3,8,17H,4-7,9H2,1H3. The molecule has 0 radical (unpaired) electrons. The molecule has 0 saturated carbocycles. The lowest BCUT2D eigenvalue weighted by Gasteiger charge is -2.31. The summed E-state index contributed by atoms with van der Waals surface area (Å²) in [6, 6.07) is 4.60. The number of Topliss-reactive ketones (excluding diaryl/α,β-unsaturated/α-hetero) is 1. The highest BCUT2D eigenvalue weighted by molar-refractivity contribution is 6.30. The van der Waals surface area contributed by atoms with E-state index < -0.39 is 0 Å². The number of aromatic hydroxyl groups is 1. The number of rotatable bonds is 3. The van der Waals surface area contributed by atoms with Gasteiger partial charge in [-0.25, -0.2) is 0 Å². The summed E-state index contributed by atoms with van der Waals surface area (Å²) in [7, 11) is 2.07. The molecule has 98 valence electrons. The Bertz CT molecular complexity index is 443. The van der Waals surface area contributed by atoms with E-state index in [1.54, 1.807) is 12.1 Å². The van der Waals surface area contributed by atoms with Crippen LogP contribution in [0.1, 0.15) is 10.4 Å². The van der Waals surface area contributed by atoms with Gasteiger partial charge in [-0.1, -0.05) is 11.6 Å². The predicted octanol–water partition coefficient (Wildman–Crippen LogP) is 1.48. The van der Waals surface area contributed by atoms with Crippen LogP contribution in [0, 0.1) is 0 Å². The number of hydrogen-bond acceptors (Lipinski definition) is 4. The Hall–Kier alpha value is -1.10. The SMILES string of the molecule is CN1CCN(CC(=O)c2ccc(Cl)cc2O)CC1. The van der Waals surface area contributed by atoms with E-state index in [-0.39, 0.29) is 11.5 Å². The van der Waals surface area contributed by atoms with Gasteiger partial charge in [0.25, 0.3) is 0 Å². The highest BCUT2D eigenvalue weighted by Crippen LogP contribution is 2.22. The quantitative estimate of drug-likeness (QED) is 0.844. The summed E-state index contributed by atoms with van der Waals surface area (Å²) < 4.78 is 0. The van der Waals surface area contributed by atoms with Crippen molar-refractivity contribution in [3.63, 3.8) is 0 Å². The fourth-order valence-corrected chi connectivity index (χ4v) is 2.20. The van der Waals surface area contributed by atoms with Gasteiger partial charge in [0.2, 0.25) is 0 Å². The maximum atomic E-state index is 12.1. The van der Waals surface area contributed by atoms with Crippen molar-refractivity contribution in [2.24, 2.45) is 0 Å². The largest absolute Gasteiger partial charge is 0.507 e. The van der Waals surface area contributed by atoms with Gasteiger partial charge in [0.1, 0.15) is 5.75 Å². The number of piperazine rings is 1. The number of halogens is 1. The van der Waals surface area contributed by atoms with Crippen LogP contribution >= 0.6 is 11.6 Å². The minimum Gasteiger partial charge on any atom is -0.507 e. The molecule has 0 spiro atoms. The molecule has 0 aliphatic carbocycles. The van der Waals surface area contributed by atoms with Gasteiger partial charge in [-0.15, -0.1) is 0 Å². The average molecular weight is 269 g/mol. The molecule has 1 heterocycles. The molecule has 1 aromatic carbocycles. The molecule has 1 N–H and O–H groups in total. The Morgan fingerprint density at radius 2 is 2.00 bits per heavy atom. The van der Waals surface area contributed by atoms with Crippen molar-refractivity contribution in [2.75, 3.05) is 39.8 Å². The molecule has 0 aromatic heterocycles. The van der Waals surface area contributed by atoms with Crippen LogP contribution < -0.4 is 0 Å². The third-order valence-electron chi connectivity index (χ3n) is 3.22. The molecular weight excluding hydrogens is 252 g/mol. The zero-order chi connectivity index (χ0) is 13.1. The first-order valence-corrected chi connectivity index (χ1v) is 6.36. The van der Waals surface area contributed by atoms with Crippen LogP contribution in [-0.4, -0.2) is 60.5 Å². The van der Waals surface area contributed by atoms with Crippen LogP contribution in [0.25, 0.3) is 0 Å². The number of carbonyl (C=O) groups excluding carboxylic acids is 1. The Kier molecular flexibility index (Phi) is 4.22. The van der Waals surface area contributed by atoms with Crippen LogP contribution in [0.5, 0.6) is 5.75 Å². The van der Waals surface area contributed by atoms with Crippen molar-refractivity contribution >= 4 is 17.4 Å². The minimum absolute atomic E-state index is 0.0402. The maximum Gasteiger partial charge on any atom is 0.180 e. The summed E-state index contributed by atoms with van der Waals surface area (Å²) in [6.07, 6.45) is 0. The van der Waals surface area contributed by atoms with Crippen LogP contribution in [0.2, 0.25) is 5.02 Å². The van der Waals surface area contributed by atoms with Gasteiger partial charge in [-0.05, 0) is 25.2 Å². The molecule has 0 atom stereocenters. The Morgan fingerprint density at radius 1 is 1.33 bits per heavy atom. The molecule has 4 nitrogen and oxygen atoms in total. The molecule has 0 bridgehead atoms. The fourth-order valence-electron chi connectivity index (χ4n) is 2.03. The van der Waals surface area contributed by atoms with Gasteiger partial charge in [0.15, 0.2) is 5.78 Å².